The van der Waals surface area contributed by atoms with E-state index in [1.54, 1.807) is 23.0 Å². The Morgan fingerprint density at radius 1 is 1.14 bits per heavy atom. The Labute approximate surface area is 174 Å². The van der Waals surface area contributed by atoms with Gasteiger partial charge in [0, 0.05) is 50.8 Å². The van der Waals surface area contributed by atoms with Crippen LogP contribution in [0.5, 0.6) is 0 Å². The number of hydrogen-bond acceptors (Lipinski definition) is 5. The minimum absolute atomic E-state index is 0.139. The molecule has 1 fully saturated rings. The lowest BCUT2D eigenvalue weighted by Gasteiger charge is -2.34. The van der Waals surface area contributed by atoms with Crippen molar-refractivity contribution in [3.63, 3.8) is 0 Å². The molecular formula is C21H23ClN6O. The van der Waals surface area contributed by atoms with Gasteiger partial charge in [-0.15, -0.1) is 0 Å². The first kappa shape index (κ1) is 19.5. The van der Waals surface area contributed by atoms with E-state index in [4.69, 9.17) is 11.6 Å². The number of aromatic nitrogens is 4. The summed E-state index contributed by atoms with van der Waals surface area (Å²) >= 11 is 6.32. The number of piperazine rings is 1. The molecule has 0 aromatic carbocycles. The number of rotatable bonds is 4. The average Bonchev–Trinajstić information content (AvgIpc) is 3.07. The van der Waals surface area contributed by atoms with Crippen LogP contribution in [-0.2, 0) is 6.54 Å². The maximum absolute atomic E-state index is 13.1. The molecule has 0 N–H and O–H groups in total. The van der Waals surface area contributed by atoms with Crippen molar-refractivity contribution >= 4 is 17.5 Å². The lowest BCUT2D eigenvalue weighted by molar-refractivity contribution is 0.0622. The number of pyridine rings is 2. The van der Waals surface area contributed by atoms with Crippen LogP contribution in [0, 0.1) is 13.8 Å². The number of carbonyl (C=O) groups is 1. The van der Waals surface area contributed by atoms with Crippen molar-refractivity contribution in [3.8, 4) is 5.82 Å². The molecule has 3 aromatic heterocycles. The van der Waals surface area contributed by atoms with E-state index < -0.39 is 0 Å². The number of aryl methyl sites for hydroxylation is 2. The van der Waals surface area contributed by atoms with Gasteiger partial charge in [-0.2, -0.15) is 5.10 Å². The standard InChI is InChI=1S/C21H23ClN6O/c1-15-12-16(2)28(25-15)19-6-5-18(22)20(24-19)21(29)27-10-8-26(9-11-27)14-17-4-3-7-23-13-17/h3-7,12-13H,8-11,14H2,1-2H3. The fraction of sp³-hybridized carbons (Fsp3) is 0.333. The van der Waals surface area contributed by atoms with Gasteiger partial charge in [0.15, 0.2) is 5.82 Å². The Hall–Kier alpha value is -2.77. The van der Waals surface area contributed by atoms with Crippen molar-refractivity contribution in [3.05, 3.63) is 70.4 Å². The Balaban J connectivity index is 1.46. The highest BCUT2D eigenvalue weighted by molar-refractivity contribution is 6.33. The van der Waals surface area contributed by atoms with Crippen molar-refractivity contribution in [2.75, 3.05) is 26.2 Å². The Kier molecular flexibility index (Phi) is 5.60. The Morgan fingerprint density at radius 3 is 2.59 bits per heavy atom. The summed E-state index contributed by atoms with van der Waals surface area (Å²) in [6.07, 6.45) is 3.66. The van der Waals surface area contributed by atoms with Gasteiger partial charge >= 0.3 is 0 Å². The molecule has 8 heteroatoms. The highest BCUT2D eigenvalue weighted by atomic mass is 35.5. The highest BCUT2D eigenvalue weighted by Gasteiger charge is 2.25. The topological polar surface area (TPSA) is 67.2 Å². The summed E-state index contributed by atoms with van der Waals surface area (Å²) in [6.45, 7) is 7.60. The third kappa shape index (κ3) is 4.31. The molecule has 150 valence electrons. The van der Waals surface area contributed by atoms with E-state index >= 15 is 0 Å². The molecule has 4 heterocycles. The molecule has 4 rings (SSSR count). The van der Waals surface area contributed by atoms with Crippen molar-refractivity contribution in [1.82, 2.24) is 29.5 Å². The van der Waals surface area contributed by atoms with Crippen LogP contribution >= 0.6 is 11.6 Å². The molecule has 0 bridgehead atoms. The van der Waals surface area contributed by atoms with Gasteiger partial charge in [-0.1, -0.05) is 17.7 Å². The van der Waals surface area contributed by atoms with Crippen LogP contribution in [0.1, 0.15) is 27.4 Å². The van der Waals surface area contributed by atoms with E-state index in [0.717, 1.165) is 31.0 Å². The molecule has 7 nitrogen and oxygen atoms in total. The molecule has 0 spiro atoms. The van der Waals surface area contributed by atoms with Gasteiger partial charge in [-0.05, 0) is 43.7 Å². The molecule has 0 atom stereocenters. The summed E-state index contributed by atoms with van der Waals surface area (Å²) in [6, 6.07) is 9.48. The third-order valence-corrected chi connectivity index (χ3v) is 5.35. The number of nitrogens with zero attached hydrogens (tertiary/aromatic N) is 6. The van der Waals surface area contributed by atoms with Crippen LogP contribution in [0.25, 0.3) is 5.82 Å². The molecule has 0 aliphatic carbocycles. The van der Waals surface area contributed by atoms with E-state index in [1.165, 1.54) is 5.56 Å². The van der Waals surface area contributed by atoms with E-state index in [1.807, 2.05) is 37.1 Å². The van der Waals surface area contributed by atoms with E-state index in [2.05, 4.69) is 26.0 Å². The second kappa shape index (κ2) is 8.31. The smallest absolute Gasteiger partial charge is 0.274 e. The lowest BCUT2D eigenvalue weighted by atomic mass is 10.2. The molecule has 1 amide bonds. The zero-order valence-electron chi connectivity index (χ0n) is 16.5. The zero-order chi connectivity index (χ0) is 20.4. The summed E-state index contributed by atoms with van der Waals surface area (Å²) in [5, 5.41) is 4.81. The Bertz CT molecular complexity index is 1010. The number of carbonyl (C=O) groups excluding carboxylic acids is 1. The molecule has 1 saturated heterocycles. The van der Waals surface area contributed by atoms with Crippen LogP contribution in [0.4, 0.5) is 0 Å². The van der Waals surface area contributed by atoms with Crippen LogP contribution in [0.3, 0.4) is 0 Å². The largest absolute Gasteiger partial charge is 0.335 e. The molecule has 0 saturated carbocycles. The monoisotopic (exact) mass is 410 g/mol. The minimum atomic E-state index is -0.139. The highest BCUT2D eigenvalue weighted by Crippen LogP contribution is 2.20. The van der Waals surface area contributed by atoms with Crippen molar-refractivity contribution < 1.29 is 4.79 Å². The normalized spacial score (nSPS) is 14.9. The fourth-order valence-corrected chi connectivity index (χ4v) is 3.76. The van der Waals surface area contributed by atoms with Gasteiger partial charge in [0.2, 0.25) is 0 Å². The first-order valence-corrected chi connectivity index (χ1v) is 10.00. The summed E-state index contributed by atoms with van der Waals surface area (Å²) < 4.78 is 1.73. The molecule has 0 radical (unpaired) electrons. The van der Waals surface area contributed by atoms with Gasteiger partial charge in [0.1, 0.15) is 5.69 Å². The van der Waals surface area contributed by atoms with Gasteiger partial charge in [-0.25, -0.2) is 9.67 Å². The summed E-state index contributed by atoms with van der Waals surface area (Å²) in [7, 11) is 0. The summed E-state index contributed by atoms with van der Waals surface area (Å²) in [4.78, 5) is 25.9. The quantitative estimate of drug-likeness (QED) is 0.661. The third-order valence-electron chi connectivity index (χ3n) is 5.05. The second-order valence-corrected chi connectivity index (χ2v) is 7.68. The van der Waals surface area contributed by atoms with E-state index in [0.29, 0.717) is 23.9 Å². The number of hydrogen-bond donors (Lipinski definition) is 0. The van der Waals surface area contributed by atoms with Crippen molar-refractivity contribution in [2.45, 2.75) is 20.4 Å². The molecule has 1 aliphatic heterocycles. The van der Waals surface area contributed by atoms with Crippen LogP contribution in [0.2, 0.25) is 5.02 Å². The number of amides is 1. The van der Waals surface area contributed by atoms with Gasteiger partial charge in [0.05, 0.1) is 10.7 Å². The fourth-order valence-electron chi connectivity index (χ4n) is 3.57. The van der Waals surface area contributed by atoms with Gasteiger partial charge < -0.3 is 4.90 Å². The molecule has 1 aliphatic rings. The summed E-state index contributed by atoms with van der Waals surface area (Å²) in [5.74, 6) is 0.456. The maximum atomic E-state index is 13.1. The van der Waals surface area contributed by atoms with Gasteiger partial charge in [-0.3, -0.25) is 14.7 Å². The molecule has 3 aromatic rings. The zero-order valence-corrected chi connectivity index (χ0v) is 17.3. The number of halogens is 1. The molecule has 0 unspecified atom stereocenters. The SMILES string of the molecule is Cc1cc(C)n(-c2ccc(Cl)c(C(=O)N3CCN(Cc4cccnc4)CC3)n2)n1. The average molecular weight is 411 g/mol. The Morgan fingerprint density at radius 2 is 1.93 bits per heavy atom. The van der Waals surface area contributed by atoms with Crippen molar-refractivity contribution in [2.24, 2.45) is 0 Å². The van der Waals surface area contributed by atoms with Crippen LogP contribution < -0.4 is 0 Å². The molecular weight excluding hydrogens is 388 g/mol. The maximum Gasteiger partial charge on any atom is 0.274 e. The van der Waals surface area contributed by atoms with Gasteiger partial charge in [0.25, 0.3) is 5.91 Å². The summed E-state index contributed by atoms with van der Waals surface area (Å²) in [5.41, 5.74) is 3.31. The predicted molar refractivity (Wildman–Crippen MR) is 111 cm³/mol. The predicted octanol–water partition coefficient (Wildman–Crippen LogP) is 2.89. The van der Waals surface area contributed by atoms with Crippen molar-refractivity contribution in [1.29, 1.82) is 0 Å². The first-order chi connectivity index (χ1) is 14.0. The van der Waals surface area contributed by atoms with Crippen LogP contribution in [-0.4, -0.2) is 61.6 Å². The van der Waals surface area contributed by atoms with E-state index in [-0.39, 0.29) is 11.6 Å². The van der Waals surface area contributed by atoms with Crippen LogP contribution in [0.15, 0.2) is 42.7 Å². The van der Waals surface area contributed by atoms with E-state index in [9.17, 15) is 4.79 Å². The first-order valence-electron chi connectivity index (χ1n) is 9.62. The molecule has 29 heavy (non-hydrogen) atoms. The second-order valence-electron chi connectivity index (χ2n) is 7.27. The minimum Gasteiger partial charge on any atom is -0.335 e. The lowest BCUT2D eigenvalue weighted by Crippen LogP contribution is -2.48.